The summed E-state index contributed by atoms with van der Waals surface area (Å²) in [4.78, 5) is 0. The molecule has 1 aromatic carbocycles. The molecule has 0 unspecified atom stereocenters. The van der Waals surface area contributed by atoms with Crippen LogP contribution in [0.25, 0.3) is 0 Å². The smallest absolute Gasteiger partial charge is 0.273 e. The Bertz CT molecular complexity index is 478. The lowest BCUT2D eigenvalue weighted by Gasteiger charge is -2.29. The lowest BCUT2D eigenvalue weighted by atomic mass is 9.90. The van der Waals surface area contributed by atoms with Crippen molar-refractivity contribution in [2.24, 2.45) is 0 Å². The van der Waals surface area contributed by atoms with Crippen LogP contribution in [0.2, 0.25) is 0 Å². The monoisotopic (exact) mass is 259 g/mol. The lowest BCUT2D eigenvalue weighted by Crippen LogP contribution is -2.37. The maximum Gasteiger partial charge on any atom is 0.335 e. The average Bonchev–Trinajstić information content (AvgIpc) is 2.29. The molecule has 1 aliphatic rings. The first-order valence-electron chi connectivity index (χ1n) is 5.45. The summed E-state index contributed by atoms with van der Waals surface area (Å²) >= 11 is 0. The molecule has 0 radical (unpaired) electrons. The van der Waals surface area contributed by atoms with E-state index in [0.29, 0.717) is 25.9 Å². The Hall–Kier alpha value is -0.980. The zero-order valence-corrected chi connectivity index (χ0v) is 10.0. The van der Waals surface area contributed by atoms with Crippen LogP contribution in [0.1, 0.15) is 24.3 Å². The first-order valence-corrected chi connectivity index (χ1v) is 6.84. The molecule has 0 aliphatic carbocycles. The standard InChI is InChI=1S/C11H14FNO3S/c12-11-3-1-9(2-4-11)10-5-7-13(8-6-10)17(14,15)16/h1-4,10H,5-8H2,(H,14,15,16). The number of hydrogen-bond donors (Lipinski definition) is 1. The van der Waals surface area contributed by atoms with Crippen molar-refractivity contribution in [3.8, 4) is 0 Å². The second-order valence-corrected chi connectivity index (χ2v) is 5.61. The highest BCUT2D eigenvalue weighted by Crippen LogP contribution is 2.28. The molecule has 0 aromatic heterocycles. The van der Waals surface area contributed by atoms with Gasteiger partial charge in [0, 0.05) is 13.1 Å². The maximum atomic E-state index is 12.8. The molecule has 17 heavy (non-hydrogen) atoms. The second kappa shape index (κ2) is 4.72. The van der Waals surface area contributed by atoms with E-state index >= 15 is 0 Å². The molecule has 0 saturated carbocycles. The van der Waals surface area contributed by atoms with Crippen LogP contribution in [0.5, 0.6) is 0 Å². The highest BCUT2D eigenvalue weighted by atomic mass is 32.2. The third-order valence-electron chi connectivity index (χ3n) is 3.12. The van der Waals surface area contributed by atoms with Crippen LogP contribution in [-0.4, -0.2) is 30.4 Å². The highest BCUT2D eigenvalue weighted by molar-refractivity contribution is 7.83. The van der Waals surface area contributed by atoms with Gasteiger partial charge in [0.25, 0.3) is 0 Å². The van der Waals surface area contributed by atoms with Gasteiger partial charge in [0.1, 0.15) is 5.82 Å². The molecule has 0 bridgehead atoms. The summed E-state index contributed by atoms with van der Waals surface area (Å²) in [6, 6.07) is 6.27. The molecule has 1 heterocycles. The van der Waals surface area contributed by atoms with Crippen molar-refractivity contribution in [2.75, 3.05) is 13.1 Å². The van der Waals surface area contributed by atoms with Crippen LogP contribution in [0.4, 0.5) is 4.39 Å². The summed E-state index contributed by atoms with van der Waals surface area (Å²) in [5.41, 5.74) is 1.02. The molecule has 6 heteroatoms. The van der Waals surface area contributed by atoms with Crippen LogP contribution in [0.15, 0.2) is 24.3 Å². The average molecular weight is 259 g/mol. The third-order valence-corrected chi connectivity index (χ3v) is 4.14. The van der Waals surface area contributed by atoms with Crippen LogP contribution in [-0.2, 0) is 10.3 Å². The molecule has 4 nitrogen and oxygen atoms in total. The van der Waals surface area contributed by atoms with Crippen LogP contribution in [0, 0.1) is 5.82 Å². The SMILES string of the molecule is O=S(=O)(O)N1CCC(c2ccc(F)cc2)CC1. The molecule has 0 atom stereocenters. The van der Waals surface area contributed by atoms with Gasteiger partial charge in [-0.3, -0.25) is 4.55 Å². The molecular formula is C11H14FNO3S. The Balaban J connectivity index is 2.02. The molecule has 0 spiro atoms. The molecule has 1 saturated heterocycles. The van der Waals surface area contributed by atoms with E-state index < -0.39 is 10.3 Å². The quantitative estimate of drug-likeness (QED) is 0.824. The van der Waals surface area contributed by atoms with E-state index in [-0.39, 0.29) is 11.7 Å². The summed E-state index contributed by atoms with van der Waals surface area (Å²) in [5, 5.41) is 0. The fraction of sp³-hybridized carbons (Fsp3) is 0.455. The van der Waals surface area contributed by atoms with E-state index in [1.165, 1.54) is 12.1 Å². The van der Waals surface area contributed by atoms with Gasteiger partial charge in [-0.15, -0.1) is 0 Å². The van der Waals surface area contributed by atoms with Gasteiger partial charge in [0.2, 0.25) is 0 Å². The normalized spacial score (nSPS) is 19.4. The minimum atomic E-state index is -4.06. The molecule has 1 aromatic rings. The maximum absolute atomic E-state index is 12.8. The summed E-state index contributed by atoms with van der Waals surface area (Å²) in [6.07, 6.45) is 1.29. The summed E-state index contributed by atoms with van der Waals surface area (Å²) < 4.78 is 44.5. The fourth-order valence-electron chi connectivity index (χ4n) is 2.15. The van der Waals surface area contributed by atoms with E-state index in [9.17, 15) is 12.8 Å². The van der Waals surface area contributed by atoms with Gasteiger partial charge in [-0.2, -0.15) is 12.7 Å². The predicted octanol–water partition coefficient (Wildman–Crippen LogP) is 1.81. The molecule has 1 N–H and O–H groups in total. The lowest BCUT2D eigenvalue weighted by molar-refractivity contribution is 0.289. The highest BCUT2D eigenvalue weighted by Gasteiger charge is 2.26. The number of halogens is 1. The summed E-state index contributed by atoms with van der Waals surface area (Å²) in [7, 11) is -4.06. The number of hydrogen-bond acceptors (Lipinski definition) is 2. The minimum absolute atomic E-state index is 0.230. The Morgan fingerprint density at radius 2 is 1.71 bits per heavy atom. The Morgan fingerprint density at radius 1 is 1.18 bits per heavy atom. The van der Waals surface area contributed by atoms with Crippen molar-refractivity contribution in [1.29, 1.82) is 0 Å². The predicted molar refractivity (Wildman–Crippen MR) is 61.5 cm³/mol. The Kier molecular flexibility index (Phi) is 3.46. The van der Waals surface area contributed by atoms with Gasteiger partial charge in [0.05, 0.1) is 0 Å². The van der Waals surface area contributed by atoms with Crippen molar-refractivity contribution in [2.45, 2.75) is 18.8 Å². The van der Waals surface area contributed by atoms with Crippen LogP contribution in [0.3, 0.4) is 0 Å². The van der Waals surface area contributed by atoms with Crippen LogP contribution >= 0.6 is 0 Å². The van der Waals surface area contributed by atoms with E-state index in [2.05, 4.69) is 0 Å². The number of benzene rings is 1. The van der Waals surface area contributed by atoms with Gasteiger partial charge in [-0.05, 0) is 36.5 Å². The van der Waals surface area contributed by atoms with Crippen LogP contribution < -0.4 is 0 Å². The fourth-order valence-corrected chi connectivity index (χ4v) is 2.83. The van der Waals surface area contributed by atoms with Gasteiger partial charge in [-0.25, -0.2) is 4.39 Å². The number of piperidine rings is 1. The second-order valence-electron chi connectivity index (χ2n) is 4.20. The largest absolute Gasteiger partial charge is 0.335 e. The van der Waals surface area contributed by atoms with Gasteiger partial charge < -0.3 is 0 Å². The third kappa shape index (κ3) is 3.02. The number of rotatable bonds is 2. The van der Waals surface area contributed by atoms with Crippen molar-refractivity contribution < 1.29 is 17.4 Å². The van der Waals surface area contributed by atoms with Gasteiger partial charge in [-0.1, -0.05) is 12.1 Å². The van der Waals surface area contributed by atoms with E-state index in [1.54, 1.807) is 12.1 Å². The van der Waals surface area contributed by atoms with E-state index in [4.69, 9.17) is 4.55 Å². The molecular weight excluding hydrogens is 245 g/mol. The Labute approximate surface area is 99.9 Å². The number of nitrogens with zero attached hydrogens (tertiary/aromatic N) is 1. The first kappa shape index (κ1) is 12.5. The Morgan fingerprint density at radius 3 is 2.18 bits per heavy atom. The van der Waals surface area contributed by atoms with Crippen molar-refractivity contribution in [3.05, 3.63) is 35.6 Å². The van der Waals surface area contributed by atoms with Crippen molar-refractivity contribution in [3.63, 3.8) is 0 Å². The zero-order chi connectivity index (χ0) is 12.5. The van der Waals surface area contributed by atoms with E-state index in [1.807, 2.05) is 0 Å². The van der Waals surface area contributed by atoms with Crippen molar-refractivity contribution >= 4 is 10.3 Å². The van der Waals surface area contributed by atoms with Crippen molar-refractivity contribution in [1.82, 2.24) is 4.31 Å². The molecule has 0 amide bonds. The minimum Gasteiger partial charge on any atom is -0.273 e. The molecule has 1 fully saturated rings. The zero-order valence-electron chi connectivity index (χ0n) is 9.21. The molecule has 2 rings (SSSR count). The first-order chi connectivity index (χ1) is 7.97. The topological polar surface area (TPSA) is 57.6 Å². The van der Waals surface area contributed by atoms with E-state index in [0.717, 1.165) is 9.87 Å². The van der Waals surface area contributed by atoms with Gasteiger partial charge >= 0.3 is 10.3 Å². The summed E-state index contributed by atoms with van der Waals surface area (Å²) in [5.74, 6) is -0.0438. The molecule has 1 aliphatic heterocycles. The summed E-state index contributed by atoms with van der Waals surface area (Å²) in [6.45, 7) is 0.613. The van der Waals surface area contributed by atoms with Gasteiger partial charge in [0.15, 0.2) is 0 Å². The molecule has 94 valence electrons.